The summed E-state index contributed by atoms with van der Waals surface area (Å²) in [5.41, 5.74) is 0.286. The Morgan fingerprint density at radius 2 is 1.95 bits per heavy atom. The summed E-state index contributed by atoms with van der Waals surface area (Å²) in [6, 6.07) is 6.76. The van der Waals surface area contributed by atoms with Gasteiger partial charge in [-0.15, -0.1) is 11.6 Å². The summed E-state index contributed by atoms with van der Waals surface area (Å²) in [5, 5.41) is 12.9. The number of nitrogens with one attached hydrogen (secondary N) is 1. The second-order valence-electron chi connectivity index (χ2n) is 4.00. The van der Waals surface area contributed by atoms with E-state index in [4.69, 9.17) is 16.2 Å². The first kappa shape index (κ1) is 14.6. The second kappa shape index (κ2) is 5.28. The molecule has 3 N–H and O–H groups in total. The van der Waals surface area contributed by atoms with E-state index < -0.39 is 20.9 Å². The molecule has 0 bridgehead atoms. The van der Waals surface area contributed by atoms with Crippen molar-refractivity contribution in [1.29, 1.82) is 0 Å². The molecule has 1 amide bonds. The topological polar surface area (TPSA) is 104 Å². The molecule has 6 nitrogen and oxygen atoms in total. The number of benzene rings is 2. The highest BCUT2D eigenvalue weighted by Gasteiger charge is 2.15. The molecule has 0 saturated heterocycles. The molecule has 106 valence electrons. The normalized spacial score (nSPS) is 11.5. The van der Waals surface area contributed by atoms with Crippen LogP contribution in [0.3, 0.4) is 0 Å². The molecule has 0 aliphatic heterocycles. The van der Waals surface area contributed by atoms with Crippen molar-refractivity contribution in [2.75, 3.05) is 11.2 Å². The zero-order chi connectivity index (χ0) is 14.9. The minimum absolute atomic E-state index is 0.264. The van der Waals surface area contributed by atoms with Gasteiger partial charge in [0.2, 0.25) is 5.91 Å². The first-order chi connectivity index (χ1) is 9.32. The lowest BCUT2D eigenvalue weighted by atomic mass is 10.1. The van der Waals surface area contributed by atoms with Gasteiger partial charge in [0.25, 0.3) is 10.1 Å². The van der Waals surface area contributed by atoms with Gasteiger partial charge in [0, 0.05) is 22.5 Å². The number of fused-ring (bicyclic) bond motifs is 1. The van der Waals surface area contributed by atoms with Crippen LogP contribution >= 0.6 is 11.6 Å². The van der Waals surface area contributed by atoms with E-state index in [1.54, 1.807) is 12.1 Å². The highest BCUT2D eigenvalue weighted by Crippen LogP contribution is 2.33. The Kier molecular flexibility index (Phi) is 3.85. The number of anilines is 1. The molecular formula is C12H10ClNO5S. The van der Waals surface area contributed by atoms with Crippen LogP contribution in [0.25, 0.3) is 10.8 Å². The van der Waals surface area contributed by atoms with Gasteiger partial charge in [-0.25, -0.2) is 0 Å². The van der Waals surface area contributed by atoms with E-state index in [1.807, 2.05) is 0 Å². The molecule has 2 aromatic rings. The van der Waals surface area contributed by atoms with Crippen LogP contribution in [0, 0.1) is 0 Å². The fourth-order valence-corrected chi connectivity index (χ4v) is 2.38. The third kappa shape index (κ3) is 2.84. The Balaban J connectivity index is 2.72. The van der Waals surface area contributed by atoms with Crippen LogP contribution in [0.2, 0.25) is 0 Å². The Morgan fingerprint density at radius 3 is 2.55 bits per heavy atom. The number of amides is 1. The van der Waals surface area contributed by atoms with Crippen LogP contribution in [0.1, 0.15) is 0 Å². The monoisotopic (exact) mass is 315 g/mol. The lowest BCUT2D eigenvalue weighted by Crippen LogP contribution is -2.12. The maximum absolute atomic E-state index is 11.3. The molecule has 0 fully saturated rings. The van der Waals surface area contributed by atoms with Crippen LogP contribution in [0.5, 0.6) is 5.75 Å². The van der Waals surface area contributed by atoms with Crippen LogP contribution in [-0.2, 0) is 14.9 Å². The van der Waals surface area contributed by atoms with Crippen molar-refractivity contribution in [3.63, 3.8) is 0 Å². The maximum Gasteiger partial charge on any atom is 0.294 e. The van der Waals surface area contributed by atoms with Gasteiger partial charge in [-0.3, -0.25) is 9.35 Å². The zero-order valence-electron chi connectivity index (χ0n) is 10.00. The highest BCUT2D eigenvalue weighted by molar-refractivity contribution is 7.85. The molecule has 0 spiro atoms. The van der Waals surface area contributed by atoms with E-state index in [2.05, 4.69) is 5.32 Å². The molecule has 0 aromatic heterocycles. The van der Waals surface area contributed by atoms with Crippen molar-refractivity contribution >= 4 is 44.1 Å². The smallest absolute Gasteiger partial charge is 0.294 e. The van der Waals surface area contributed by atoms with Crippen molar-refractivity contribution in [3.8, 4) is 5.75 Å². The number of phenols is 1. The Hall–Kier alpha value is -1.83. The Labute approximate surface area is 119 Å². The van der Waals surface area contributed by atoms with Crippen molar-refractivity contribution in [2.45, 2.75) is 4.90 Å². The molecule has 0 unspecified atom stereocenters. The van der Waals surface area contributed by atoms with Gasteiger partial charge < -0.3 is 10.4 Å². The number of aromatic hydroxyl groups is 1. The number of phenolic OH excluding ortho intramolecular Hbond substituents is 1. The SMILES string of the molecule is O=C(CCl)Nc1cccc2c(O)cc(S(=O)(=O)O)cc12. The van der Waals surface area contributed by atoms with E-state index in [0.29, 0.717) is 5.39 Å². The minimum Gasteiger partial charge on any atom is -0.507 e. The molecule has 0 saturated carbocycles. The van der Waals surface area contributed by atoms with Gasteiger partial charge >= 0.3 is 0 Å². The Morgan fingerprint density at radius 1 is 1.25 bits per heavy atom. The predicted molar refractivity (Wildman–Crippen MR) is 74.8 cm³/mol. The fraction of sp³-hybridized carbons (Fsp3) is 0.0833. The van der Waals surface area contributed by atoms with Crippen LogP contribution in [0.4, 0.5) is 5.69 Å². The molecule has 2 aromatic carbocycles. The largest absolute Gasteiger partial charge is 0.507 e. The van der Waals surface area contributed by atoms with Gasteiger partial charge in [0.1, 0.15) is 11.6 Å². The second-order valence-corrected chi connectivity index (χ2v) is 5.69. The van der Waals surface area contributed by atoms with Gasteiger partial charge in [0.05, 0.1) is 4.90 Å². The molecule has 20 heavy (non-hydrogen) atoms. The molecule has 2 rings (SSSR count). The lowest BCUT2D eigenvalue weighted by molar-refractivity contribution is -0.113. The van der Waals surface area contributed by atoms with Crippen molar-refractivity contribution in [1.82, 2.24) is 0 Å². The predicted octanol–water partition coefficient (Wildman–Crippen LogP) is 1.97. The average Bonchev–Trinajstić information content (AvgIpc) is 2.38. The van der Waals surface area contributed by atoms with Gasteiger partial charge in [0.15, 0.2) is 0 Å². The van der Waals surface area contributed by atoms with E-state index in [9.17, 15) is 18.3 Å². The highest BCUT2D eigenvalue weighted by atomic mass is 35.5. The number of halogens is 1. The van der Waals surface area contributed by atoms with E-state index >= 15 is 0 Å². The summed E-state index contributed by atoms with van der Waals surface area (Å²) in [6.45, 7) is 0. The van der Waals surface area contributed by atoms with Crippen molar-refractivity contribution in [2.24, 2.45) is 0 Å². The summed E-state index contributed by atoms with van der Waals surface area (Å²) in [7, 11) is -4.47. The van der Waals surface area contributed by atoms with Crippen molar-refractivity contribution < 1.29 is 22.9 Å². The number of hydrogen-bond donors (Lipinski definition) is 3. The number of carbonyl (C=O) groups is 1. The quantitative estimate of drug-likeness (QED) is 0.593. The number of carbonyl (C=O) groups excluding carboxylic acids is 1. The molecule has 0 aliphatic carbocycles. The van der Waals surface area contributed by atoms with Gasteiger partial charge in [-0.2, -0.15) is 8.42 Å². The summed E-state index contributed by atoms with van der Waals surface area (Å²) in [5.74, 6) is -1.06. The zero-order valence-corrected chi connectivity index (χ0v) is 11.6. The number of alkyl halides is 1. The standard InChI is InChI=1S/C12H10ClNO5S/c13-6-12(16)14-10-3-1-2-8-9(10)4-7(5-11(8)15)20(17,18)19/h1-5,15H,6H2,(H,14,16)(H,17,18,19). The van der Waals surface area contributed by atoms with E-state index in [-0.39, 0.29) is 22.7 Å². The van der Waals surface area contributed by atoms with Crippen LogP contribution in [0.15, 0.2) is 35.2 Å². The summed E-state index contributed by atoms with van der Waals surface area (Å²) >= 11 is 5.39. The maximum atomic E-state index is 11.3. The minimum atomic E-state index is -4.47. The molecule has 8 heteroatoms. The molecule has 0 atom stereocenters. The van der Waals surface area contributed by atoms with E-state index in [1.165, 1.54) is 6.07 Å². The summed E-state index contributed by atoms with van der Waals surface area (Å²) in [4.78, 5) is 10.9. The first-order valence-electron chi connectivity index (χ1n) is 5.42. The third-order valence-electron chi connectivity index (χ3n) is 2.64. The number of hydrogen-bond acceptors (Lipinski definition) is 4. The van der Waals surface area contributed by atoms with Crippen LogP contribution < -0.4 is 5.32 Å². The van der Waals surface area contributed by atoms with Gasteiger partial charge in [-0.05, 0) is 12.1 Å². The third-order valence-corrected chi connectivity index (χ3v) is 3.72. The van der Waals surface area contributed by atoms with Crippen LogP contribution in [-0.4, -0.2) is 29.9 Å². The van der Waals surface area contributed by atoms with E-state index in [0.717, 1.165) is 12.1 Å². The average molecular weight is 316 g/mol. The Bertz CT molecular complexity index is 788. The van der Waals surface area contributed by atoms with Gasteiger partial charge in [-0.1, -0.05) is 12.1 Å². The number of rotatable bonds is 3. The molecule has 0 radical (unpaired) electrons. The summed E-state index contributed by atoms with van der Waals surface area (Å²) in [6.07, 6.45) is 0. The van der Waals surface area contributed by atoms with Crippen molar-refractivity contribution in [3.05, 3.63) is 30.3 Å². The first-order valence-corrected chi connectivity index (χ1v) is 7.39. The molecule has 0 aliphatic rings. The fourth-order valence-electron chi connectivity index (χ4n) is 1.78. The summed E-state index contributed by atoms with van der Waals surface area (Å²) < 4.78 is 31.4. The molecular weight excluding hydrogens is 306 g/mol. The lowest BCUT2D eigenvalue weighted by Gasteiger charge is -2.10. The molecule has 0 heterocycles.